The lowest BCUT2D eigenvalue weighted by Crippen LogP contribution is -2.00. The van der Waals surface area contributed by atoms with Crippen molar-refractivity contribution in [3.63, 3.8) is 0 Å². The van der Waals surface area contributed by atoms with E-state index in [1.807, 2.05) is 30.7 Å². The summed E-state index contributed by atoms with van der Waals surface area (Å²) in [4.78, 5) is 4.16. The van der Waals surface area contributed by atoms with E-state index in [9.17, 15) is 8.42 Å². The standard InChI is InChI=1S/C10H11ClN2O2S/c1-7(2)13-4-3-8-5-9(16(11,14)15)6-12-10(8)13/h3-7H,1-2H3. The average Bonchev–Trinajstić information content (AvgIpc) is 2.58. The maximum Gasteiger partial charge on any atom is 0.262 e. The van der Waals surface area contributed by atoms with E-state index < -0.39 is 9.05 Å². The van der Waals surface area contributed by atoms with E-state index in [0.29, 0.717) is 0 Å². The zero-order valence-electron chi connectivity index (χ0n) is 8.88. The zero-order chi connectivity index (χ0) is 11.9. The molecule has 0 aliphatic carbocycles. The number of aromatic nitrogens is 2. The lowest BCUT2D eigenvalue weighted by molar-refractivity contribution is 0.608. The number of fused-ring (bicyclic) bond motifs is 1. The highest BCUT2D eigenvalue weighted by molar-refractivity contribution is 8.13. The van der Waals surface area contributed by atoms with Gasteiger partial charge in [0.15, 0.2) is 0 Å². The van der Waals surface area contributed by atoms with Gasteiger partial charge in [-0.1, -0.05) is 0 Å². The van der Waals surface area contributed by atoms with Crippen molar-refractivity contribution in [1.82, 2.24) is 9.55 Å². The summed E-state index contributed by atoms with van der Waals surface area (Å²) in [6.07, 6.45) is 3.16. The molecule has 0 saturated carbocycles. The van der Waals surface area contributed by atoms with Crippen molar-refractivity contribution in [3.8, 4) is 0 Å². The summed E-state index contributed by atoms with van der Waals surface area (Å²) >= 11 is 0. The molecule has 0 fully saturated rings. The van der Waals surface area contributed by atoms with Crippen molar-refractivity contribution in [2.24, 2.45) is 0 Å². The van der Waals surface area contributed by atoms with Gasteiger partial charge in [0.25, 0.3) is 9.05 Å². The van der Waals surface area contributed by atoms with Gasteiger partial charge in [-0.05, 0) is 26.0 Å². The molecule has 0 unspecified atom stereocenters. The Hall–Kier alpha value is -1.07. The molecule has 6 heteroatoms. The number of halogens is 1. The highest BCUT2D eigenvalue weighted by Gasteiger charge is 2.13. The summed E-state index contributed by atoms with van der Waals surface area (Å²) in [7, 11) is 1.55. The summed E-state index contributed by atoms with van der Waals surface area (Å²) < 4.78 is 24.2. The average molecular weight is 259 g/mol. The summed E-state index contributed by atoms with van der Waals surface area (Å²) in [5, 5.41) is 0.774. The van der Waals surface area contributed by atoms with E-state index in [1.54, 1.807) is 0 Å². The molecular formula is C10H11ClN2O2S. The van der Waals surface area contributed by atoms with Gasteiger partial charge in [-0.3, -0.25) is 0 Å². The van der Waals surface area contributed by atoms with Crippen LogP contribution in [0.3, 0.4) is 0 Å². The van der Waals surface area contributed by atoms with Crippen molar-refractivity contribution < 1.29 is 8.42 Å². The number of nitrogens with zero attached hydrogens (tertiary/aromatic N) is 2. The second kappa shape index (κ2) is 3.75. The van der Waals surface area contributed by atoms with Crippen LogP contribution in [0.15, 0.2) is 29.4 Å². The van der Waals surface area contributed by atoms with Crippen LogP contribution in [0.5, 0.6) is 0 Å². The number of rotatable bonds is 2. The fourth-order valence-corrected chi connectivity index (χ4v) is 2.27. The van der Waals surface area contributed by atoms with Crippen molar-refractivity contribution in [3.05, 3.63) is 24.5 Å². The first kappa shape index (κ1) is 11.4. The molecule has 0 amide bonds. The molecule has 0 N–H and O–H groups in total. The van der Waals surface area contributed by atoms with Crippen molar-refractivity contribution in [2.45, 2.75) is 24.8 Å². The Labute approximate surface area is 98.3 Å². The Morgan fingerprint density at radius 3 is 2.69 bits per heavy atom. The molecule has 4 nitrogen and oxygen atoms in total. The summed E-state index contributed by atoms with van der Waals surface area (Å²) in [5.41, 5.74) is 0.763. The lowest BCUT2D eigenvalue weighted by atomic mass is 10.3. The third kappa shape index (κ3) is 1.92. The quantitative estimate of drug-likeness (QED) is 0.778. The minimum Gasteiger partial charge on any atom is -0.330 e. The van der Waals surface area contributed by atoms with Gasteiger partial charge in [-0.25, -0.2) is 13.4 Å². The van der Waals surface area contributed by atoms with Crippen LogP contribution in [0.4, 0.5) is 0 Å². The second-order valence-corrected chi connectivity index (χ2v) is 6.40. The molecule has 0 atom stereocenters. The van der Waals surface area contributed by atoms with Crippen molar-refractivity contribution in [1.29, 1.82) is 0 Å². The van der Waals surface area contributed by atoms with Crippen LogP contribution in [0.2, 0.25) is 0 Å². The topological polar surface area (TPSA) is 52.0 Å². The second-order valence-electron chi connectivity index (χ2n) is 3.84. The Balaban J connectivity index is 2.67. The Morgan fingerprint density at radius 2 is 2.12 bits per heavy atom. The third-order valence-electron chi connectivity index (χ3n) is 2.37. The predicted octanol–water partition coefficient (Wildman–Crippen LogP) is 2.54. The minimum absolute atomic E-state index is 0.0307. The Kier molecular flexibility index (Phi) is 2.67. The highest BCUT2D eigenvalue weighted by Crippen LogP contribution is 2.22. The molecule has 0 aliphatic heterocycles. The van der Waals surface area contributed by atoms with Crippen molar-refractivity contribution in [2.75, 3.05) is 0 Å². The molecule has 0 saturated heterocycles. The smallest absolute Gasteiger partial charge is 0.262 e. The van der Waals surface area contributed by atoms with E-state index in [-0.39, 0.29) is 10.9 Å². The molecule has 0 bridgehead atoms. The van der Waals surface area contributed by atoms with E-state index in [2.05, 4.69) is 4.98 Å². The molecule has 86 valence electrons. The zero-order valence-corrected chi connectivity index (χ0v) is 10.5. The molecule has 0 spiro atoms. The fraction of sp³-hybridized carbons (Fsp3) is 0.300. The van der Waals surface area contributed by atoms with Gasteiger partial charge in [0.05, 0.1) is 0 Å². The Bertz CT molecular complexity index is 631. The van der Waals surface area contributed by atoms with Gasteiger partial charge in [-0.2, -0.15) is 0 Å². The highest BCUT2D eigenvalue weighted by atomic mass is 35.7. The maximum absolute atomic E-state index is 11.1. The van der Waals surface area contributed by atoms with E-state index in [4.69, 9.17) is 10.7 Å². The first-order valence-electron chi connectivity index (χ1n) is 4.81. The van der Waals surface area contributed by atoms with Crippen LogP contribution < -0.4 is 0 Å². The maximum atomic E-state index is 11.1. The van der Waals surface area contributed by atoms with Crippen molar-refractivity contribution >= 4 is 30.8 Å². The molecule has 16 heavy (non-hydrogen) atoms. The van der Waals surface area contributed by atoms with E-state index in [0.717, 1.165) is 11.0 Å². The number of hydrogen-bond acceptors (Lipinski definition) is 3. The summed E-state index contributed by atoms with van der Waals surface area (Å²) in [6, 6.07) is 3.64. The van der Waals surface area contributed by atoms with Gasteiger partial charge in [0.2, 0.25) is 0 Å². The van der Waals surface area contributed by atoms with E-state index >= 15 is 0 Å². The van der Waals surface area contributed by atoms with Crippen LogP contribution in [0, 0.1) is 0 Å². The fourth-order valence-electron chi connectivity index (χ4n) is 1.57. The first-order chi connectivity index (χ1) is 7.39. The summed E-state index contributed by atoms with van der Waals surface area (Å²) in [6.45, 7) is 4.07. The monoisotopic (exact) mass is 258 g/mol. The van der Waals surface area contributed by atoms with Gasteiger partial charge in [0.1, 0.15) is 10.5 Å². The van der Waals surface area contributed by atoms with Gasteiger partial charge in [-0.15, -0.1) is 0 Å². The molecular weight excluding hydrogens is 248 g/mol. The van der Waals surface area contributed by atoms with Gasteiger partial charge in [0, 0.05) is 34.5 Å². The van der Waals surface area contributed by atoms with Crippen LogP contribution in [-0.4, -0.2) is 18.0 Å². The Morgan fingerprint density at radius 1 is 1.44 bits per heavy atom. The molecule has 0 aromatic carbocycles. The molecule has 2 aromatic rings. The summed E-state index contributed by atoms with van der Waals surface area (Å²) in [5.74, 6) is 0. The SMILES string of the molecule is CC(C)n1ccc2cc(S(=O)(=O)Cl)cnc21. The minimum atomic E-state index is -3.70. The first-order valence-corrected chi connectivity index (χ1v) is 7.12. The molecule has 0 aliphatic rings. The normalized spacial score (nSPS) is 12.5. The largest absolute Gasteiger partial charge is 0.330 e. The molecule has 0 radical (unpaired) electrons. The molecule has 2 rings (SSSR count). The van der Waals surface area contributed by atoms with E-state index in [1.165, 1.54) is 12.3 Å². The van der Waals surface area contributed by atoms with Gasteiger partial charge >= 0.3 is 0 Å². The van der Waals surface area contributed by atoms with Crippen LogP contribution in [0.25, 0.3) is 11.0 Å². The van der Waals surface area contributed by atoms with Crippen LogP contribution in [0.1, 0.15) is 19.9 Å². The number of pyridine rings is 1. The lowest BCUT2D eigenvalue weighted by Gasteiger charge is -2.07. The predicted molar refractivity (Wildman–Crippen MR) is 63.2 cm³/mol. The molecule has 2 aromatic heterocycles. The third-order valence-corrected chi connectivity index (χ3v) is 3.69. The van der Waals surface area contributed by atoms with Crippen LogP contribution >= 0.6 is 10.7 Å². The molecule has 2 heterocycles. The van der Waals surface area contributed by atoms with Gasteiger partial charge < -0.3 is 4.57 Å². The number of hydrogen-bond donors (Lipinski definition) is 0. The van der Waals surface area contributed by atoms with Crippen LogP contribution in [-0.2, 0) is 9.05 Å².